The number of benzene rings is 1. The van der Waals surface area contributed by atoms with Crippen molar-refractivity contribution >= 4 is 47.2 Å². The molecule has 3 fully saturated rings. The van der Waals surface area contributed by atoms with Crippen molar-refractivity contribution in [2.24, 2.45) is 0 Å². The maximum absolute atomic E-state index is 13.2. The van der Waals surface area contributed by atoms with E-state index in [1.807, 2.05) is 30.3 Å². The lowest BCUT2D eigenvalue weighted by Gasteiger charge is -2.43. The third kappa shape index (κ3) is 5.38. The molecule has 206 valence electrons. The summed E-state index contributed by atoms with van der Waals surface area (Å²) in [6.45, 7) is 2.42. The van der Waals surface area contributed by atoms with E-state index in [1.54, 1.807) is 16.8 Å². The lowest BCUT2D eigenvalue weighted by molar-refractivity contribution is -0.145. The number of para-hydroxylation sites is 1. The minimum absolute atomic E-state index is 0.0413. The fourth-order valence-electron chi connectivity index (χ4n) is 5.26. The summed E-state index contributed by atoms with van der Waals surface area (Å²) >= 11 is 1.45. The van der Waals surface area contributed by atoms with Crippen LogP contribution in [-0.2, 0) is 23.9 Å². The zero-order chi connectivity index (χ0) is 27.4. The van der Waals surface area contributed by atoms with Gasteiger partial charge in [0.1, 0.15) is 17.6 Å². The number of ether oxygens (including phenoxy) is 1. The summed E-state index contributed by atoms with van der Waals surface area (Å²) in [6, 6.07) is 7.58. The van der Waals surface area contributed by atoms with Crippen molar-refractivity contribution in [1.29, 1.82) is 0 Å². The molecule has 13 heteroatoms. The van der Waals surface area contributed by atoms with Crippen LogP contribution in [0.2, 0.25) is 0 Å². The first-order valence-corrected chi connectivity index (χ1v) is 13.7. The number of anilines is 1. The Morgan fingerprint density at radius 3 is 2.47 bits per heavy atom. The number of rotatable bonds is 6. The van der Waals surface area contributed by atoms with Gasteiger partial charge in [0.2, 0.25) is 17.7 Å². The van der Waals surface area contributed by atoms with E-state index in [9.17, 15) is 24.0 Å². The fraction of sp³-hybridized carbons (Fsp3) is 0.560. The molecule has 4 rings (SSSR count). The summed E-state index contributed by atoms with van der Waals surface area (Å²) in [7, 11) is 2.99. The van der Waals surface area contributed by atoms with E-state index >= 15 is 0 Å². The Kier molecular flexibility index (Phi) is 8.34. The highest BCUT2D eigenvalue weighted by molar-refractivity contribution is 7.99. The Balaban J connectivity index is 1.35. The molecule has 1 spiro atoms. The van der Waals surface area contributed by atoms with Crippen LogP contribution in [0.15, 0.2) is 30.3 Å². The molecule has 0 aromatic heterocycles. The summed E-state index contributed by atoms with van der Waals surface area (Å²) in [5.41, 5.74) is 0.251. The molecule has 3 heterocycles. The maximum Gasteiger partial charge on any atom is 0.330 e. The number of piperidine rings is 1. The van der Waals surface area contributed by atoms with Crippen LogP contribution in [0.3, 0.4) is 0 Å². The van der Waals surface area contributed by atoms with Crippen molar-refractivity contribution < 1.29 is 28.7 Å². The predicted octanol–water partition coefficient (Wildman–Crippen LogP) is 0.0459. The van der Waals surface area contributed by atoms with Crippen molar-refractivity contribution in [3.05, 3.63) is 30.3 Å². The van der Waals surface area contributed by atoms with Gasteiger partial charge in [-0.05, 0) is 25.0 Å². The number of hydrogen-bond acceptors (Lipinski definition) is 8. The number of hydrogen-bond donors (Lipinski definition) is 2. The molecule has 1 aromatic carbocycles. The molecule has 3 saturated heterocycles. The number of methoxy groups -OCH3 is 1. The highest BCUT2D eigenvalue weighted by atomic mass is 32.2. The normalized spacial score (nSPS) is 21.4. The first kappa shape index (κ1) is 27.6. The van der Waals surface area contributed by atoms with Crippen molar-refractivity contribution in [3.63, 3.8) is 0 Å². The molecule has 12 nitrogen and oxygen atoms in total. The summed E-state index contributed by atoms with van der Waals surface area (Å²) in [4.78, 5) is 70.0. The Morgan fingerprint density at radius 1 is 1.16 bits per heavy atom. The van der Waals surface area contributed by atoms with Crippen LogP contribution < -0.4 is 15.5 Å². The number of esters is 1. The van der Waals surface area contributed by atoms with Crippen molar-refractivity contribution in [2.45, 2.75) is 37.4 Å². The van der Waals surface area contributed by atoms with Gasteiger partial charge < -0.3 is 35.0 Å². The first-order chi connectivity index (χ1) is 18.2. The SMILES string of the molecule is COC(=O)C(CNC(=O)N1CCC2(CC1)C(=O)N(C)CN2c1ccccc1)NC(=O)[C@H]1CSCN1C(C)=O. The molecule has 0 aliphatic carbocycles. The number of nitrogens with one attached hydrogen (secondary N) is 2. The van der Waals surface area contributed by atoms with Gasteiger partial charge in [-0.1, -0.05) is 18.2 Å². The van der Waals surface area contributed by atoms with Crippen LogP contribution in [0.25, 0.3) is 0 Å². The maximum atomic E-state index is 13.2. The Bertz CT molecular complexity index is 1080. The van der Waals surface area contributed by atoms with E-state index in [0.717, 1.165) is 5.69 Å². The molecule has 1 aromatic rings. The number of likely N-dealkylation sites (tertiary alicyclic amines) is 1. The topological polar surface area (TPSA) is 132 Å². The number of carbonyl (C=O) groups excluding carboxylic acids is 5. The Morgan fingerprint density at radius 2 is 1.84 bits per heavy atom. The highest BCUT2D eigenvalue weighted by Gasteiger charge is 2.53. The van der Waals surface area contributed by atoms with Gasteiger partial charge in [0.05, 0.1) is 26.2 Å². The molecule has 3 aliphatic rings. The quantitative estimate of drug-likeness (QED) is 0.479. The number of nitrogens with zero attached hydrogens (tertiary/aromatic N) is 4. The highest BCUT2D eigenvalue weighted by Crippen LogP contribution is 2.38. The third-order valence-electron chi connectivity index (χ3n) is 7.41. The van der Waals surface area contributed by atoms with Crippen LogP contribution in [0, 0.1) is 0 Å². The minimum Gasteiger partial charge on any atom is -0.467 e. The molecule has 0 bridgehead atoms. The van der Waals surface area contributed by atoms with Crippen molar-refractivity contribution in [2.75, 3.05) is 57.0 Å². The number of thioether (sulfide) groups is 1. The molecule has 38 heavy (non-hydrogen) atoms. The van der Waals surface area contributed by atoms with E-state index in [0.29, 0.717) is 44.2 Å². The zero-order valence-electron chi connectivity index (χ0n) is 21.8. The van der Waals surface area contributed by atoms with Gasteiger partial charge in [-0.2, -0.15) is 0 Å². The van der Waals surface area contributed by atoms with E-state index < -0.39 is 35.5 Å². The summed E-state index contributed by atoms with van der Waals surface area (Å²) in [5.74, 6) is -0.522. The van der Waals surface area contributed by atoms with Gasteiger partial charge in [0.15, 0.2) is 0 Å². The van der Waals surface area contributed by atoms with E-state index in [-0.39, 0.29) is 18.4 Å². The van der Waals surface area contributed by atoms with E-state index in [2.05, 4.69) is 15.5 Å². The predicted molar refractivity (Wildman–Crippen MR) is 141 cm³/mol. The smallest absolute Gasteiger partial charge is 0.330 e. The first-order valence-electron chi connectivity index (χ1n) is 12.5. The van der Waals surface area contributed by atoms with Crippen LogP contribution >= 0.6 is 11.8 Å². The van der Waals surface area contributed by atoms with E-state index in [1.165, 1.54) is 30.7 Å². The third-order valence-corrected chi connectivity index (χ3v) is 8.42. The van der Waals surface area contributed by atoms with Crippen molar-refractivity contribution in [3.8, 4) is 0 Å². The van der Waals surface area contributed by atoms with Gasteiger partial charge in [-0.3, -0.25) is 14.4 Å². The number of amides is 5. The standard InChI is InChI=1S/C25H34N6O6S/c1-17(32)30-16-38-14-20(30)21(33)27-19(22(34)37-3)13-26-24(36)29-11-9-25(10-12-29)23(35)28(2)15-31(25)18-7-5-4-6-8-18/h4-8,19-20H,9-16H2,1-3H3,(H,26,36)(H,27,33)/t19?,20-/m1/s1. The van der Waals surface area contributed by atoms with E-state index in [4.69, 9.17) is 4.74 Å². The average Bonchev–Trinajstić information content (AvgIpc) is 3.52. The van der Waals surface area contributed by atoms with Crippen LogP contribution in [0.4, 0.5) is 10.5 Å². The molecular weight excluding hydrogens is 512 g/mol. The monoisotopic (exact) mass is 546 g/mol. The van der Waals surface area contributed by atoms with Gasteiger partial charge in [-0.25, -0.2) is 9.59 Å². The number of carbonyl (C=O) groups is 5. The second-order valence-electron chi connectivity index (χ2n) is 9.70. The van der Waals surface area contributed by atoms with Crippen molar-refractivity contribution in [1.82, 2.24) is 25.3 Å². The molecule has 3 aliphatic heterocycles. The van der Waals surface area contributed by atoms with Crippen LogP contribution in [0.5, 0.6) is 0 Å². The Labute approximate surface area is 226 Å². The number of likely N-dealkylation sites (N-methyl/N-ethyl adjacent to an activating group) is 1. The summed E-state index contributed by atoms with van der Waals surface area (Å²) in [5, 5.41) is 5.33. The lowest BCUT2D eigenvalue weighted by atomic mass is 9.85. The average molecular weight is 547 g/mol. The Hall–Kier alpha value is -3.48. The van der Waals surface area contributed by atoms with Gasteiger partial charge in [0.25, 0.3) is 0 Å². The second-order valence-corrected chi connectivity index (χ2v) is 10.7. The molecule has 2 N–H and O–H groups in total. The molecular formula is C25H34N6O6S. The molecule has 2 atom stereocenters. The van der Waals surface area contributed by atoms with Crippen LogP contribution in [-0.4, -0.2) is 114 Å². The molecule has 1 unspecified atom stereocenters. The lowest BCUT2D eigenvalue weighted by Crippen LogP contribution is -2.59. The minimum atomic E-state index is -1.11. The molecule has 0 saturated carbocycles. The summed E-state index contributed by atoms with van der Waals surface area (Å²) in [6.07, 6.45) is 0.936. The number of urea groups is 1. The largest absolute Gasteiger partial charge is 0.467 e. The van der Waals surface area contributed by atoms with Gasteiger partial charge >= 0.3 is 12.0 Å². The van der Waals surface area contributed by atoms with Gasteiger partial charge in [0, 0.05) is 38.5 Å². The van der Waals surface area contributed by atoms with Crippen LogP contribution in [0.1, 0.15) is 19.8 Å². The second kappa shape index (κ2) is 11.5. The zero-order valence-corrected chi connectivity index (χ0v) is 22.7. The fourth-order valence-corrected chi connectivity index (χ4v) is 6.48. The molecule has 5 amide bonds. The molecule has 0 radical (unpaired) electrons. The van der Waals surface area contributed by atoms with Gasteiger partial charge in [-0.15, -0.1) is 11.8 Å². The summed E-state index contributed by atoms with van der Waals surface area (Å²) < 4.78 is 4.82.